The summed E-state index contributed by atoms with van der Waals surface area (Å²) in [6.45, 7) is 4.38. The first-order chi connectivity index (χ1) is 9.61. The molecule has 2 rings (SSSR count). The van der Waals surface area contributed by atoms with Crippen LogP contribution in [0.1, 0.15) is 56.6 Å². The number of benzene rings is 1. The number of anilines is 1. The van der Waals surface area contributed by atoms with Gasteiger partial charge in [0.1, 0.15) is 0 Å². The summed E-state index contributed by atoms with van der Waals surface area (Å²) in [4.78, 5) is 2.48. The fourth-order valence-electron chi connectivity index (χ4n) is 3.23. The average molecular weight is 274 g/mol. The molecule has 0 aliphatic heterocycles. The first kappa shape index (κ1) is 15.4. The average Bonchev–Trinajstić information content (AvgIpc) is 2.49. The van der Waals surface area contributed by atoms with Gasteiger partial charge in [0.25, 0.3) is 0 Å². The van der Waals surface area contributed by atoms with Crippen molar-refractivity contribution in [2.75, 3.05) is 11.9 Å². The van der Waals surface area contributed by atoms with Crippen LogP contribution < -0.4 is 10.6 Å². The molecule has 2 nitrogen and oxygen atoms in total. The third-order valence-corrected chi connectivity index (χ3v) is 4.86. The number of hydrogen-bond acceptors (Lipinski definition) is 2. The van der Waals surface area contributed by atoms with Crippen molar-refractivity contribution in [2.45, 2.75) is 70.9 Å². The van der Waals surface area contributed by atoms with Gasteiger partial charge in [0.2, 0.25) is 0 Å². The van der Waals surface area contributed by atoms with E-state index in [1.54, 1.807) is 0 Å². The van der Waals surface area contributed by atoms with Gasteiger partial charge in [0.05, 0.1) is 0 Å². The molecule has 0 heterocycles. The van der Waals surface area contributed by atoms with Crippen molar-refractivity contribution in [3.05, 3.63) is 29.3 Å². The quantitative estimate of drug-likeness (QED) is 0.878. The highest BCUT2D eigenvalue weighted by molar-refractivity contribution is 5.51. The smallest absolute Gasteiger partial charge is 0.0368 e. The molecular weight excluding hydrogens is 244 g/mol. The standard InChI is InChI=1S/C18H30N2/c1-4-16(19)13-15-10-11-18(12-14(15)2)20(3)17-8-6-5-7-9-17/h10-12,16-17H,4-9,13,19H2,1-3H3. The summed E-state index contributed by atoms with van der Waals surface area (Å²) in [7, 11) is 2.25. The van der Waals surface area contributed by atoms with E-state index in [-0.39, 0.29) is 6.04 Å². The van der Waals surface area contributed by atoms with Crippen molar-refractivity contribution in [1.82, 2.24) is 0 Å². The van der Waals surface area contributed by atoms with Crippen LogP contribution in [0.4, 0.5) is 5.69 Å². The maximum Gasteiger partial charge on any atom is 0.0368 e. The highest BCUT2D eigenvalue weighted by Gasteiger charge is 2.18. The van der Waals surface area contributed by atoms with E-state index < -0.39 is 0 Å². The predicted molar refractivity (Wildman–Crippen MR) is 88.4 cm³/mol. The van der Waals surface area contributed by atoms with Gasteiger partial charge in [-0.3, -0.25) is 0 Å². The molecule has 1 unspecified atom stereocenters. The highest BCUT2D eigenvalue weighted by atomic mass is 15.1. The molecular formula is C18H30N2. The lowest BCUT2D eigenvalue weighted by molar-refractivity contribution is 0.427. The molecule has 2 heteroatoms. The summed E-state index contributed by atoms with van der Waals surface area (Å²) in [6.07, 6.45) is 8.92. The third kappa shape index (κ3) is 3.76. The molecule has 0 bridgehead atoms. The van der Waals surface area contributed by atoms with Gasteiger partial charge in [0, 0.05) is 24.8 Å². The zero-order valence-electron chi connectivity index (χ0n) is 13.4. The molecule has 0 saturated heterocycles. The Balaban J connectivity index is 2.07. The molecule has 0 aromatic heterocycles. The summed E-state index contributed by atoms with van der Waals surface area (Å²) in [5.74, 6) is 0. The monoisotopic (exact) mass is 274 g/mol. The summed E-state index contributed by atoms with van der Waals surface area (Å²) >= 11 is 0. The van der Waals surface area contributed by atoms with E-state index in [1.807, 2.05) is 0 Å². The Morgan fingerprint density at radius 3 is 2.55 bits per heavy atom. The van der Waals surface area contributed by atoms with E-state index >= 15 is 0 Å². The normalized spacial score (nSPS) is 18.0. The molecule has 1 aromatic rings. The molecule has 0 amide bonds. The van der Waals surface area contributed by atoms with Gasteiger partial charge in [-0.25, -0.2) is 0 Å². The van der Waals surface area contributed by atoms with E-state index in [0.717, 1.165) is 18.9 Å². The SMILES string of the molecule is CCC(N)Cc1ccc(N(C)C2CCCCC2)cc1C. The Labute approximate surface area is 124 Å². The number of hydrogen-bond donors (Lipinski definition) is 1. The van der Waals surface area contributed by atoms with Gasteiger partial charge < -0.3 is 10.6 Å². The van der Waals surface area contributed by atoms with Gasteiger partial charge in [-0.2, -0.15) is 0 Å². The maximum absolute atomic E-state index is 6.08. The zero-order chi connectivity index (χ0) is 14.5. The van der Waals surface area contributed by atoms with Gasteiger partial charge in [-0.15, -0.1) is 0 Å². The Hall–Kier alpha value is -1.02. The first-order valence-electron chi connectivity index (χ1n) is 8.19. The largest absolute Gasteiger partial charge is 0.372 e. The predicted octanol–water partition coefficient (Wildman–Crippen LogP) is 4.04. The van der Waals surface area contributed by atoms with Crippen molar-refractivity contribution < 1.29 is 0 Å². The van der Waals surface area contributed by atoms with Crippen LogP contribution in [0.2, 0.25) is 0 Å². The zero-order valence-corrected chi connectivity index (χ0v) is 13.4. The maximum atomic E-state index is 6.08. The molecule has 0 radical (unpaired) electrons. The van der Waals surface area contributed by atoms with E-state index in [1.165, 1.54) is 48.9 Å². The van der Waals surface area contributed by atoms with Crippen LogP contribution in [-0.2, 0) is 6.42 Å². The van der Waals surface area contributed by atoms with Gasteiger partial charge in [-0.1, -0.05) is 32.3 Å². The lowest BCUT2D eigenvalue weighted by Crippen LogP contribution is -2.33. The first-order valence-corrected chi connectivity index (χ1v) is 8.19. The molecule has 2 N–H and O–H groups in total. The van der Waals surface area contributed by atoms with Crippen LogP contribution in [0.15, 0.2) is 18.2 Å². The van der Waals surface area contributed by atoms with Crippen LogP contribution in [0, 0.1) is 6.92 Å². The molecule has 112 valence electrons. The van der Waals surface area contributed by atoms with E-state index in [2.05, 4.69) is 44.0 Å². The second-order valence-corrected chi connectivity index (χ2v) is 6.39. The molecule has 20 heavy (non-hydrogen) atoms. The van der Waals surface area contributed by atoms with Crippen LogP contribution in [0.3, 0.4) is 0 Å². The minimum Gasteiger partial charge on any atom is -0.372 e. The fourth-order valence-corrected chi connectivity index (χ4v) is 3.23. The minimum atomic E-state index is 0.288. The lowest BCUT2D eigenvalue weighted by Gasteiger charge is -2.33. The molecule has 1 atom stereocenters. The van der Waals surface area contributed by atoms with Crippen LogP contribution in [0.25, 0.3) is 0 Å². The topological polar surface area (TPSA) is 29.3 Å². The van der Waals surface area contributed by atoms with E-state index in [9.17, 15) is 0 Å². The van der Waals surface area contributed by atoms with Gasteiger partial charge in [-0.05, 0) is 55.9 Å². The summed E-state index contributed by atoms with van der Waals surface area (Å²) in [5, 5.41) is 0. The second kappa shape index (κ2) is 7.12. The van der Waals surface area contributed by atoms with Crippen molar-refractivity contribution in [3.8, 4) is 0 Å². The third-order valence-electron chi connectivity index (χ3n) is 4.86. The summed E-state index contributed by atoms with van der Waals surface area (Å²) in [5.41, 5.74) is 10.2. The Morgan fingerprint density at radius 2 is 1.95 bits per heavy atom. The van der Waals surface area contributed by atoms with Crippen molar-refractivity contribution in [1.29, 1.82) is 0 Å². The minimum absolute atomic E-state index is 0.288. The number of nitrogens with zero attached hydrogens (tertiary/aromatic N) is 1. The molecule has 0 spiro atoms. The van der Waals surface area contributed by atoms with Crippen LogP contribution in [-0.4, -0.2) is 19.1 Å². The molecule has 1 aliphatic rings. The molecule has 1 aromatic carbocycles. The Kier molecular flexibility index (Phi) is 5.47. The van der Waals surface area contributed by atoms with E-state index in [0.29, 0.717) is 0 Å². The summed E-state index contributed by atoms with van der Waals surface area (Å²) in [6, 6.07) is 7.91. The number of nitrogens with two attached hydrogens (primary N) is 1. The molecule has 1 fully saturated rings. The lowest BCUT2D eigenvalue weighted by atomic mass is 9.93. The van der Waals surface area contributed by atoms with E-state index in [4.69, 9.17) is 5.73 Å². The number of rotatable bonds is 5. The Morgan fingerprint density at radius 1 is 1.25 bits per heavy atom. The molecule has 1 saturated carbocycles. The van der Waals surface area contributed by atoms with Crippen molar-refractivity contribution in [3.63, 3.8) is 0 Å². The summed E-state index contributed by atoms with van der Waals surface area (Å²) < 4.78 is 0. The van der Waals surface area contributed by atoms with Crippen molar-refractivity contribution in [2.24, 2.45) is 5.73 Å². The van der Waals surface area contributed by atoms with Crippen LogP contribution in [0.5, 0.6) is 0 Å². The Bertz CT molecular complexity index is 421. The van der Waals surface area contributed by atoms with Crippen molar-refractivity contribution >= 4 is 5.69 Å². The highest BCUT2D eigenvalue weighted by Crippen LogP contribution is 2.27. The van der Waals surface area contributed by atoms with Gasteiger partial charge in [0.15, 0.2) is 0 Å². The molecule has 1 aliphatic carbocycles. The number of aryl methyl sites for hydroxylation is 1. The fraction of sp³-hybridized carbons (Fsp3) is 0.667. The van der Waals surface area contributed by atoms with Gasteiger partial charge >= 0.3 is 0 Å². The second-order valence-electron chi connectivity index (χ2n) is 6.39. The van der Waals surface area contributed by atoms with Crippen LogP contribution >= 0.6 is 0 Å².